The lowest BCUT2D eigenvalue weighted by Crippen LogP contribution is -2.29. The summed E-state index contributed by atoms with van der Waals surface area (Å²) in [7, 11) is 0. The molecular formula is C12H16N2O4. The van der Waals surface area contributed by atoms with Gasteiger partial charge >= 0.3 is 0 Å². The number of ether oxygens (including phenoxy) is 1. The minimum atomic E-state index is -0.551. The summed E-state index contributed by atoms with van der Waals surface area (Å²) < 4.78 is 4.90. The number of carbonyl (C=O) groups excluding carboxylic acids is 2. The maximum Gasteiger partial charge on any atom is 0.251 e. The van der Waals surface area contributed by atoms with Crippen LogP contribution in [0.25, 0.3) is 0 Å². The third-order valence-electron chi connectivity index (χ3n) is 2.33. The summed E-state index contributed by atoms with van der Waals surface area (Å²) >= 11 is 0. The molecule has 0 aliphatic heterocycles. The summed E-state index contributed by atoms with van der Waals surface area (Å²) in [5.74, 6) is -0.774. The molecule has 18 heavy (non-hydrogen) atoms. The number of primary amides is 1. The van der Waals surface area contributed by atoms with Gasteiger partial charge in [0.2, 0.25) is 5.91 Å². The molecule has 4 N–H and O–H groups in total. The van der Waals surface area contributed by atoms with E-state index < -0.39 is 5.91 Å². The van der Waals surface area contributed by atoms with Gasteiger partial charge in [-0.05, 0) is 19.1 Å². The van der Waals surface area contributed by atoms with Crippen LogP contribution in [0.5, 0.6) is 5.75 Å². The largest absolute Gasteiger partial charge is 0.508 e. The normalized spacial score (nSPS) is 10.1. The van der Waals surface area contributed by atoms with Crippen LogP contribution < -0.4 is 11.1 Å². The first-order chi connectivity index (χ1) is 8.52. The van der Waals surface area contributed by atoms with Crippen LogP contribution in [0.15, 0.2) is 18.2 Å². The van der Waals surface area contributed by atoms with Crippen molar-refractivity contribution in [1.29, 1.82) is 0 Å². The van der Waals surface area contributed by atoms with Crippen LogP contribution in [0.3, 0.4) is 0 Å². The van der Waals surface area contributed by atoms with Crippen molar-refractivity contribution in [2.45, 2.75) is 6.92 Å². The number of phenolic OH excluding ortho intramolecular Hbond substituents is 1. The van der Waals surface area contributed by atoms with Crippen molar-refractivity contribution in [2.24, 2.45) is 5.73 Å². The highest BCUT2D eigenvalue weighted by Gasteiger charge is 2.10. The van der Waals surface area contributed by atoms with Gasteiger partial charge in [0.1, 0.15) is 12.4 Å². The van der Waals surface area contributed by atoms with Gasteiger partial charge in [0.25, 0.3) is 5.91 Å². The first-order valence-electron chi connectivity index (χ1n) is 5.45. The van der Waals surface area contributed by atoms with Crippen LogP contribution in [0.4, 0.5) is 0 Å². The van der Waals surface area contributed by atoms with Crippen molar-refractivity contribution in [3.8, 4) is 5.75 Å². The van der Waals surface area contributed by atoms with E-state index in [1.165, 1.54) is 6.07 Å². The van der Waals surface area contributed by atoms with E-state index in [9.17, 15) is 14.7 Å². The zero-order valence-corrected chi connectivity index (χ0v) is 10.1. The number of benzene rings is 1. The van der Waals surface area contributed by atoms with Crippen LogP contribution in [0.2, 0.25) is 0 Å². The molecule has 0 radical (unpaired) electrons. The first-order valence-corrected chi connectivity index (χ1v) is 5.45. The van der Waals surface area contributed by atoms with E-state index in [0.29, 0.717) is 11.1 Å². The summed E-state index contributed by atoms with van der Waals surface area (Å²) in [4.78, 5) is 22.1. The summed E-state index contributed by atoms with van der Waals surface area (Å²) in [5.41, 5.74) is 5.81. The molecule has 6 nitrogen and oxygen atoms in total. The summed E-state index contributed by atoms with van der Waals surface area (Å²) in [6.45, 7) is 1.96. The topological polar surface area (TPSA) is 102 Å². The molecule has 0 saturated heterocycles. The van der Waals surface area contributed by atoms with Gasteiger partial charge < -0.3 is 20.9 Å². The van der Waals surface area contributed by atoms with Gasteiger partial charge in [0.05, 0.1) is 6.61 Å². The molecule has 0 aliphatic carbocycles. The zero-order valence-electron chi connectivity index (χ0n) is 10.1. The number of phenols is 1. The number of carbonyl (C=O) groups is 2. The summed E-state index contributed by atoms with van der Waals surface area (Å²) in [6.07, 6.45) is 0. The lowest BCUT2D eigenvalue weighted by atomic mass is 10.1. The summed E-state index contributed by atoms with van der Waals surface area (Å²) in [6, 6.07) is 4.73. The summed E-state index contributed by atoms with van der Waals surface area (Å²) in [5, 5.41) is 12.1. The highest BCUT2D eigenvalue weighted by Crippen LogP contribution is 2.19. The van der Waals surface area contributed by atoms with E-state index in [-0.39, 0.29) is 31.4 Å². The quantitative estimate of drug-likeness (QED) is 0.617. The average molecular weight is 252 g/mol. The van der Waals surface area contributed by atoms with Crippen molar-refractivity contribution in [1.82, 2.24) is 5.32 Å². The Bertz CT molecular complexity index is 446. The highest BCUT2D eigenvalue weighted by molar-refractivity contribution is 5.96. The number of aromatic hydroxyl groups is 1. The predicted molar refractivity (Wildman–Crippen MR) is 65.2 cm³/mol. The molecule has 0 aromatic heterocycles. The second-order valence-corrected chi connectivity index (χ2v) is 3.72. The molecule has 0 fully saturated rings. The fourth-order valence-corrected chi connectivity index (χ4v) is 1.37. The zero-order chi connectivity index (χ0) is 13.5. The lowest BCUT2D eigenvalue weighted by molar-refractivity contribution is -0.122. The Hall–Kier alpha value is -2.08. The number of amides is 2. The number of nitrogens with one attached hydrogen (secondary N) is 1. The standard InChI is InChI=1S/C12H16N2O4/c1-8-9(3-2-4-10(8)15)12(17)14-5-6-18-7-11(13)16/h2-4,15H,5-7H2,1H3,(H2,13,16)(H,14,17). The number of nitrogens with two attached hydrogens (primary N) is 1. The van der Waals surface area contributed by atoms with Crippen molar-refractivity contribution in [2.75, 3.05) is 19.8 Å². The molecular weight excluding hydrogens is 236 g/mol. The minimum Gasteiger partial charge on any atom is -0.508 e. The fourth-order valence-electron chi connectivity index (χ4n) is 1.37. The Morgan fingerprint density at radius 3 is 2.83 bits per heavy atom. The molecule has 0 spiro atoms. The molecule has 98 valence electrons. The van der Waals surface area contributed by atoms with Crippen molar-refractivity contribution >= 4 is 11.8 Å². The van der Waals surface area contributed by atoms with Crippen LogP contribution >= 0.6 is 0 Å². The first kappa shape index (κ1) is 14.0. The van der Waals surface area contributed by atoms with Crippen LogP contribution in [-0.4, -0.2) is 36.7 Å². The Labute approximate surface area is 105 Å². The van der Waals surface area contributed by atoms with Gasteiger partial charge in [-0.1, -0.05) is 6.07 Å². The van der Waals surface area contributed by atoms with E-state index in [4.69, 9.17) is 10.5 Å². The second-order valence-electron chi connectivity index (χ2n) is 3.72. The molecule has 1 aromatic carbocycles. The van der Waals surface area contributed by atoms with Crippen LogP contribution in [0, 0.1) is 6.92 Å². The number of hydrogen-bond acceptors (Lipinski definition) is 4. The molecule has 1 aromatic rings. The molecule has 0 atom stereocenters. The van der Waals surface area contributed by atoms with Gasteiger partial charge in [0.15, 0.2) is 0 Å². The average Bonchev–Trinajstić information content (AvgIpc) is 2.31. The Morgan fingerprint density at radius 2 is 2.17 bits per heavy atom. The second kappa shape index (κ2) is 6.61. The third kappa shape index (κ3) is 4.06. The van der Waals surface area contributed by atoms with Gasteiger partial charge in [-0.2, -0.15) is 0 Å². The lowest BCUT2D eigenvalue weighted by Gasteiger charge is -2.08. The SMILES string of the molecule is Cc1c(O)cccc1C(=O)NCCOCC(N)=O. The maximum absolute atomic E-state index is 11.7. The smallest absolute Gasteiger partial charge is 0.251 e. The molecule has 0 bridgehead atoms. The van der Waals surface area contributed by atoms with E-state index in [1.54, 1.807) is 19.1 Å². The van der Waals surface area contributed by atoms with Crippen molar-refractivity contribution in [3.63, 3.8) is 0 Å². The molecule has 0 saturated carbocycles. The Morgan fingerprint density at radius 1 is 1.44 bits per heavy atom. The van der Waals surface area contributed by atoms with E-state index in [2.05, 4.69) is 5.32 Å². The number of hydrogen-bond donors (Lipinski definition) is 3. The molecule has 6 heteroatoms. The molecule has 2 amide bonds. The van der Waals surface area contributed by atoms with Crippen molar-refractivity contribution < 1.29 is 19.4 Å². The maximum atomic E-state index is 11.7. The fraction of sp³-hybridized carbons (Fsp3) is 0.333. The van der Waals surface area contributed by atoms with Gasteiger partial charge in [-0.25, -0.2) is 0 Å². The highest BCUT2D eigenvalue weighted by atomic mass is 16.5. The predicted octanol–water partition coefficient (Wildman–Crippen LogP) is -0.0677. The molecule has 0 heterocycles. The Balaban J connectivity index is 2.41. The van der Waals surface area contributed by atoms with Crippen molar-refractivity contribution in [3.05, 3.63) is 29.3 Å². The van der Waals surface area contributed by atoms with Crippen LogP contribution in [-0.2, 0) is 9.53 Å². The monoisotopic (exact) mass is 252 g/mol. The molecule has 0 aliphatic rings. The third-order valence-corrected chi connectivity index (χ3v) is 2.33. The van der Waals surface area contributed by atoms with Gasteiger partial charge in [-0.15, -0.1) is 0 Å². The minimum absolute atomic E-state index is 0.0765. The molecule has 0 unspecified atom stereocenters. The van der Waals surface area contributed by atoms with E-state index in [0.717, 1.165) is 0 Å². The van der Waals surface area contributed by atoms with Gasteiger partial charge in [0, 0.05) is 17.7 Å². The number of rotatable bonds is 6. The van der Waals surface area contributed by atoms with E-state index >= 15 is 0 Å². The van der Waals surface area contributed by atoms with E-state index in [1.807, 2.05) is 0 Å². The van der Waals surface area contributed by atoms with Crippen LogP contribution in [0.1, 0.15) is 15.9 Å². The molecule has 1 rings (SSSR count). The Kier molecular flexibility index (Phi) is 5.13. The van der Waals surface area contributed by atoms with Gasteiger partial charge in [-0.3, -0.25) is 9.59 Å².